The highest BCUT2D eigenvalue weighted by molar-refractivity contribution is 5.25. The number of hydrogen-bond donors (Lipinski definition) is 1. The van der Waals surface area contributed by atoms with Crippen LogP contribution in [0.4, 0.5) is 0 Å². The molecule has 2 heterocycles. The van der Waals surface area contributed by atoms with Crippen molar-refractivity contribution in [1.29, 1.82) is 0 Å². The topological polar surface area (TPSA) is 60.6 Å². The van der Waals surface area contributed by atoms with Gasteiger partial charge in [-0.05, 0) is 33.6 Å². The molecule has 20 heavy (non-hydrogen) atoms. The first-order chi connectivity index (χ1) is 9.56. The van der Waals surface area contributed by atoms with E-state index in [4.69, 9.17) is 0 Å². The van der Waals surface area contributed by atoms with Crippen molar-refractivity contribution in [2.24, 2.45) is 7.05 Å². The Morgan fingerprint density at radius 1 is 1.20 bits per heavy atom. The molecule has 6 nitrogen and oxygen atoms in total. The zero-order chi connectivity index (χ0) is 14.3. The SMILES string of the molecule is Cc1nn(Cc2nnc(C)n2C)c(C)c1CNC1CC1. The first kappa shape index (κ1) is 13.3. The fourth-order valence-electron chi connectivity index (χ4n) is 2.40. The van der Waals surface area contributed by atoms with Crippen molar-refractivity contribution in [3.05, 3.63) is 28.6 Å². The van der Waals surface area contributed by atoms with E-state index >= 15 is 0 Å². The average molecular weight is 274 g/mol. The van der Waals surface area contributed by atoms with Crippen molar-refractivity contribution >= 4 is 0 Å². The minimum Gasteiger partial charge on any atom is -0.317 e. The van der Waals surface area contributed by atoms with Gasteiger partial charge in [0.1, 0.15) is 12.4 Å². The van der Waals surface area contributed by atoms with Gasteiger partial charge in [0.15, 0.2) is 5.82 Å². The van der Waals surface area contributed by atoms with E-state index in [1.807, 2.05) is 23.2 Å². The molecule has 108 valence electrons. The standard InChI is InChI=1S/C14H22N6/c1-9-13(7-15-12-5-6-12)10(2)20(18-9)8-14-17-16-11(3)19(14)4/h12,15H,5-8H2,1-4H3. The Hall–Kier alpha value is -1.69. The summed E-state index contributed by atoms with van der Waals surface area (Å²) in [4.78, 5) is 0. The van der Waals surface area contributed by atoms with Gasteiger partial charge >= 0.3 is 0 Å². The summed E-state index contributed by atoms with van der Waals surface area (Å²) in [6.07, 6.45) is 2.62. The molecule has 0 aromatic carbocycles. The molecule has 1 N–H and O–H groups in total. The highest BCUT2D eigenvalue weighted by Crippen LogP contribution is 2.21. The van der Waals surface area contributed by atoms with Crippen molar-refractivity contribution in [3.8, 4) is 0 Å². The molecular formula is C14H22N6. The summed E-state index contributed by atoms with van der Waals surface area (Å²) >= 11 is 0. The van der Waals surface area contributed by atoms with Crippen LogP contribution in [0.25, 0.3) is 0 Å². The molecule has 0 radical (unpaired) electrons. The summed E-state index contributed by atoms with van der Waals surface area (Å²) in [5.74, 6) is 1.87. The molecule has 6 heteroatoms. The van der Waals surface area contributed by atoms with Crippen molar-refractivity contribution in [3.63, 3.8) is 0 Å². The Bertz CT molecular complexity index is 620. The molecular weight excluding hydrogens is 252 g/mol. The zero-order valence-electron chi connectivity index (χ0n) is 12.6. The van der Waals surface area contributed by atoms with Crippen LogP contribution in [0.3, 0.4) is 0 Å². The third-order valence-corrected chi connectivity index (χ3v) is 4.15. The summed E-state index contributed by atoms with van der Waals surface area (Å²) in [5, 5.41) is 16.5. The number of rotatable bonds is 5. The molecule has 2 aromatic rings. The van der Waals surface area contributed by atoms with E-state index in [-0.39, 0.29) is 0 Å². The number of hydrogen-bond acceptors (Lipinski definition) is 4. The van der Waals surface area contributed by atoms with E-state index in [0.29, 0.717) is 6.54 Å². The molecule has 1 saturated carbocycles. The van der Waals surface area contributed by atoms with E-state index in [1.54, 1.807) is 0 Å². The third kappa shape index (κ3) is 2.47. The zero-order valence-corrected chi connectivity index (χ0v) is 12.6. The highest BCUT2D eigenvalue weighted by atomic mass is 15.3. The Morgan fingerprint density at radius 3 is 2.55 bits per heavy atom. The van der Waals surface area contributed by atoms with Crippen LogP contribution in [-0.4, -0.2) is 30.6 Å². The predicted octanol–water partition coefficient (Wildman–Crippen LogP) is 1.24. The number of aromatic nitrogens is 5. The first-order valence-corrected chi connectivity index (χ1v) is 7.17. The Morgan fingerprint density at radius 2 is 1.95 bits per heavy atom. The fraction of sp³-hybridized carbons (Fsp3) is 0.643. The van der Waals surface area contributed by atoms with Crippen molar-refractivity contribution in [1.82, 2.24) is 29.9 Å². The van der Waals surface area contributed by atoms with Crippen LogP contribution < -0.4 is 5.32 Å². The summed E-state index contributed by atoms with van der Waals surface area (Å²) < 4.78 is 4.04. The van der Waals surface area contributed by atoms with Crippen LogP contribution in [0.15, 0.2) is 0 Å². The maximum Gasteiger partial charge on any atom is 0.154 e. The van der Waals surface area contributed by atoms with E-state index in [9.17, 15) is 0 Å². The third-order valence-electron chi connectivity index (χ3n) is 4.15. The van der Waals surface area contributed by atoms with Crippen LogP contribution >= 0.6 is 0 Å². The second-order valence-corrected chi connectivity index (χ2v) is 5.68. The number of nitrogens with zero attached hydrogens (tertiary/aromatic N) is 5. The Labute approximate surface area is 119 Å². The quantitative estimate of drug-likeness (QED) is 0.891. The molecule has 0 bridgehead atoms. The lowest BCUT2D eigenvalue weighted by molar-refractivity contribution is 0.606. The summed E-state index contributed by atoms with van der Waals surface area (Å²) in [6.45, 7) is 7.76. The van der Waals surface area contributed by atoms with E-state index in [2.05, 4.69) is 34.5 Å². The molecule has 0 unspecified atom stereocenters. The van der Waals surface area contributed by atoms with Gasteiger partial charge in [-0.2, -0.15) is 5.10 Å². The molecule has 1 fully saturated rings. The molecule has 0 saturated heterocycles. The van der Waals surface area contributed by atoms with E-state index < -0.39 is 0 Å². The van der Waals surface area contributed by atoms with Gasteiger partial charge in [-0.15, -0.1) is 10.2 Å². The van der Waals surface area contributed by atoms with Crippen LogP contribution in [0, 0.1) is 20.8 Å². The normalized spacial score (nSPS) is 15.0. The molecule has 0 aliphatic heterocycles. The second-order valence-electron chi connectivity index (χ2n) is 5.68. The van der Waals surface area contributed by atoms with Crippen LogP contribution in [0.5, 0.6) is 0 Å². The van der Waals surface area contributed by atoms with Crippen LogP contribution in [0.2, 0.25) is 0 Å². The lowest BCUT2D eigenvalue weighted by Crippen LogP contribution is -2.16. The van der Waals surface area contributed by atoms with Crippen molar-refractivity contribution in [2.45, 2.75) is 52.7 Å². The fourth-order valence-corrected chi connectivity index (χ4v) is 2.40. The number of nitrogens with one attached hydrogen (secondary N) is 1. The smallest absolute Gasteiger partial charge is 0.154 e. The van der Waals surface area contributed by atoms with Crippen molar-refractivity contribution < 1.29 is 0 Å². The summed E-state index contributed by atoms with van der Waals surface area (Å²) in [5.41, 5.74) is 3.64. The van der Waals surface area contributed by atoms with Crippen LogP contribution in [0.1, 0.15) is 41.4 Å². The summed E-state index contributed by atoms with van der Waals surface area (Å²) in [7, 11) is 1.99. The maximum atomic E-state index is 4.65. The molecule has 3 rings (SSSR count). The number of aryl methyl sites for hydroxylation is 2. The molecule has 0 spiro atoms. The van der Waals surface area contributed by atoms with Gasteiger partial charge in [-0.25, -0.2) is 0 Å². The average Bonchev–Trinajstić information content (AvgIpc) is 3.14. The lowest BCUT2D eigenvalue weighted by atomic mass is 10.2. The minimum atomic E-state index is 0.674. The van der Waals surface area contributed by atoms with Gasteiger partial charge in [0.05, 0.1) is 5.69 Å². The van der Waals surface area contributed by atoms with Gasteiger partial charge in [-0.1, -0.05) is 0 Å². The van der Waals surface area contributed by atoms with Crippen LogP contribution in [-0.2, 0) is 20.1 Å². The molecule has 0 atom stereocenters. The molecule has 1 aliphatic rings. The minimum absolute atomic E-state index is 0.674. The Balaban J connectivity index is 1.79. The second kappa shape index (κ2) is 5.01. The molecule has 1 aliphatic carbocycles. The summed E-state index contributed by atoms with van der Waals surface area (Å²) in [6, 6.07) is 0.721. The van der Waals surface area contributed by atoms with Crippen molar-refractivity contribution in [2.75, 3.05) is 0 Å². The van der Waals surface area contributed by atoms with Gasteiger partial charge in [0.2, 0.25) is 0 Å². The van der Waals surface area contributed by atoms with Gasteiger partial charge < -0.3 is 9.88 Å². The van der Waals surface area contributed by atoms with E-state index in [1.165, 1.54) is 24.1 Å². The largest absolute Gasteiger partial charge is 0.317 e. The van der Waals surface area contributed by atoms with E-state index in [0.717, 1.165) is 29.9 Å². The van der Waals surface area contributed by atoms with Gasteiger partial charge in [0, 0.05) is 30.9 Å². The first-order valence-electron chi connectivity index (χ1n) is 7.17. The maximum absolute atomic E-state index is 4.65. The lowest BCUT2D eigenvalue weighted by Gasteiger charge is -2.06. The predicted molar refractivity (Wildman–Crippen MR) is 76.4 cm³/mol. The monoisotopic (exact) mass is 274 g/mol. The molecule has 2 aromatic heterocycles. The van der Waals surface area contributed by atoms with Gasteiger partial charge in [-0.3, -0.25) is 4.68 Å². The Kier molecular flexibility index (Phi) is 3.33. The van der Waals surface area contributed by atoms with Gasteiger partial charge in [0.25, 0.3) is 0 Å². The highest BCUT2D eigenvalue weighted by Gasteiger charge is 2.22. The molecule has 0 amide bonds.